The van der Waals surface area contributed by atoms with Gasteiger partial charge in [-0.3, -0.25) is 14.6 Å². The minimum atomic E-state index is -0.681. The van der Waals surface area contributed by atoms with E-state index in [1.165, 1.54) is 4.90 Å². The quantitative estimate of drug-likeness (QED) is 0.430. The van der Waals surface area contributed by atoms with E-state index in [9.17, 15) is 14.7 Å². The zero-order valence-corrected chi connectivity index (χ0v) is 17.8. The van der Waals surface area contributed by atoms with E-state index in [2.05, 4.69) is 4.98 Å². The number of aliphatic hydroxyl groups is 1. The number of nitrogens with zero attached hydrogens (tertiary/aromatic N) is 3. The lowest BCUT2D eigenvalue weighted by Crippen LogP contribution is -2.32. The van der Waals surface area contributed by atoms with Crippen molar-refractivity contribution in [3.8, 4) is 5.75 Å². The molecule has 1 aromatic carbocycles. The Hall–Kier alpha value is -3.19. The maximum Gasteiger partial charge on any atom is 0.295 e. The van der Waals surface area contributed by atoms with Crippen molar-refractivity contribution in [1.29, 1.82) is 0 Å². The standard InChI is InChI=1S/C23H27N3O4/c1-15-13-16(8-9-18(15)30-4)21(27)19-20(17-7-5-10-24-14-17)26(23(29)22(19)28)12-6-11-25(2)3/h5,7-10,13-14,20,27H,6,11-12H2,1-4H3/b21-19+/t20-/m1/s1. The molecule has 2 aromatic rings. The first-order valence-corrected chi connectivity index (χ1v) is 9.83. The number of aromatic nitrogens is 1. The van der Waals surface area contributed by atoms with Crippen LogP contribution in [0.3, 0.4) is 0 Å². The Labute approximate surface area is 176 Å². The number of Topliss-reactive ketones (excluding diaryl/α,β-unsaturated/α-hetero) is 1. The van der Waals surface area contributed by atoms with Crippen molar-refractivity contribution in [2.75, 3.05) is 34.3 Å². The molecule has 0 bridgehead atoms. The van der Waals surface area contributed by atoms with E-state index in [4.69, 9.17) is 4.74 Å². The molecular weight excluding hydrogens is 382 g/mol. The van der Waals surface area contributed by atoms with Gasteiger partial charge in [-0.15, -0.1) is 0 Å². The third kappa shape index (κ3) is 4.21. The van der Waals surface area contributed by atoms with Gasteiger partial charge in [0.1, 0.15) is 11.5 Å². The topological polar surface area (TPSA) is 83.0 Å². The summed E-state index contributed by atoms with van der Waals surface area (Å²) < 4.78 is 5.28. The molecule has 1 aliphatic rings. The summed E-state index contributed by atoms with van der Waals surface area (Å²) in [6.07, 6.45) is 3.97. The zero-order chi connectivity index (χ0) is 21.8. The number of ketones is 1. The number of benzene rings is 1. The second-order valence-electron chi connectivity index (χ2n) is 7.62. The Morgan fingerprint density at radius 1 is 1.27 bits per heavy atom. The van der Waals surface area contributed by atoms with Gasteiger partial charge in [-0.1, -0.05) is 6.07 Å². The number of carbonyl (C=O) groups is 2. The van der Waals surface area contributed by atoms with E-state index in [1.807, 2.05) is 32.0 Å². The van der Waals surface area contributed by atoms with Crippen LogP contribution in [0, 0.1) is 6.92 Å². The molecule has 1 aliphatic heterocycles. The molecule has 1 amide bonds. The van der Waals surface area contributed by atoms with E-state index in [0.29, 0.717) is 29.8 Å². The molecule has 1 aromatic heterocycles. The molecule has 0 spiro atoms. The summed E-state index contributed by atoms with van der Waals surface area (Å²) in [4.78, 5) is 33.5. The number of pyridine rings is 1. The molecule has 7 heteroatoms. The first kappa shape index (κ1) is 21.5. The number of carbonyl (C=O) groups excluding carboxylic acids is 2. The van der Waals surface area contributed by atoms with Gasteiger partial charge in [0.25, 0.3) is 11.7 Å². The fourth-order valence-electron chi connectivity index (χ4n) is 3.73. The van der Waals surface area contributed by atoms with Crippen LogP contribution < -0.4 is 4.74 Å². The van der Waals surface area contributed by atoms with Gasteiger partial charge < -0.3 is 19.6 Å². The number of hydrogen-bond acceptors (Lipinski definition) is 6. The van der Waals surface area contributed by atoms with E-state index < -0.39 is 17.7 Å². The van der Waals surface area contributed by atoms with Crippen LogP contribution in [0.1, 0.15) is 29.2 Å². The van der Waals surface area contributed by atoms with Crippen LogP contribution in [0.5, 0.6) is 5.75 Å². The predicted molar refractivity (Wildman–Crippen MR) is 114 cm³/mol. The predicted octanol–water partition coefficient (Wildman–Crippen LogP) is 2.77. The minimum Gasteiger partial charge on any atom is -0.507 e. The monoisotopic (exact) mass is 409 g/mol. The van der Waals surface area contributed by atoms with Gasteiger partial charge in [0.15, 0.2) is 0 Å². The van der Waals surface area contributed by atoms with Crippen LogP contribution in [0.2, 0.25) is 0 Å². The lowest BCUT2D eigenvalue weighted by atomic mass is 9.95. The Balaban J connectivity index is 2.08. The molecule has 0 radical (unpaired) electrons. The zero-order valence-electron chi connectivity index (χ0n) is 17.8. The maximum absolute atomic E-state index is 13.0. The normalized spacial score (nSPS) is 18.3. The van der Waals surface area contributed by atoms with E-state index in [0.717, 1.165) is 12.1 Å². The van der Waals surface area contributed by atoms with Crippen molar-refractivity contribution in [1.82, 2.24) is 14.8 Å². The van der Waals surface area contributed by atoms with Gasteiger partial charge in [-0.05, 0) is 69.4 Å². The number of hydrogen-bond donors (Lipinski definition) is 1. The Bertz CT molecular complexity index is 970. The van der Waals surface area contributed by atoms with E-state index in [1.54, 1.807) is 43.8 Å². The highest BCUT2D eigenvalue weighted by Gasteiger charge is 2.45. The summed E-state index contributed by atoms with van der Waals surface area (Å²) in [5, 5.41) is 11.1. The van der Waals surface area contributed by atoms with Crippen molar-refractivity contribution in [2.24, 2.45) is 0 Å². The molecule has 158 valence electrons. The molecule has 0 saturated carbocycles. The van der Waals surface area contributed by atoms with Crippen molar-refractivity contribution >= 4 is 17.4 Å². The largest absolute Gasteiger partial charge is 0.507 e. The molecule has 7 nitrogen and oxygen atoms in total. The van der Waals surface area contributed by atoms with Gasteiger partial charge in [0, 0.05) is 24.5 Å². The number of methoxy groups -OCH3 is 1. The molecule has 1 fully saturated rings. The second kappa shape index (κ2) is 9.09. The summed E-state index contributed by atoms with van der Waals surface area (Å²) in [7, 11) is 5.49. The van der Waals surface area contributed by atoms with Crippen molar-refractivity contribution in [3.05, 3.63) is 65.0 Å². The number of amides is 1. The van der Waals surface area contributed by atoms with Gasteiger partial charge in [0.2, 0.25) is 0 Å². The van der Waals surface area contributed by atoms with Crippen LogP contribution >= 0.6 is 0 Å². The molecule has 1 atom stereocenters. The summed E-state index contributed by atoms with van der Waals surface area (Å²) in [6.45, 7) is 3.04. The molecule has 2 heterocycles. The first-order chi connectivity index (χ1) is 14.3. The Morgan fingerprint density at radius 2 is 2.03 bits per heavy atom. The van der Waals surface area contributed by atoms with Gasteiger partial charge in [-0.25, -0.2) is 0 Å². The fraction of sp³-hybridized carbons (Fsp3) is 0.348. The number of ether oxygens (including phenoxy) is 1. The summed E-state index contributed by atoms with van der Waals surface area (Å²) in [6, 6.07) is 8.05. The summed E-state index contributed by atoms with van der Waals surface area (Å²) in [5.41, 5.74) is 2.06. The van der Waals surface area contributed by atoms with Crippen molar-refractivity contribution in [3.63, 3.8) is 0 Å². The van der Waals surface area contributed by atoms with Gasteiger partial charge in [0.05, 0.1) is 18.7 Å². The molecular formula is C23H27N3O4. The van der Waals surface area contributed by atoms with E-state index in [-0.39, 0.29) is 11.3 Å². The number of likely N-dealkylation sites (tertiary alicyclic amines) is 1. The molecule has 0 aliphatic carbocycles. The molecule has 30 heavy (non-hydrogen) atoms. The minimum absolute atomic E-state index is 0.0856. The smallest absolute Gasteiger partial charge is 0.295 e. The molecule has 3 rings (SSSR count). The Morgan fingerprint density at radius 3 is 2.63 bits per heavy atom. The van der Waals surface area contributed by atoms with Crippen LogP contribution in [0.15, 0.2) is 48.3 Å². The van der Waals surface area contributed by atoms with Crippen molar-refractivity contribution < 1.29 is 19.4 Å². The summed E-state index contributed by atoms with van der Waals surface area (Å²) in [5.74, 6) is -0.795. The lowest BCUT2D eigenvalue weighted by molar-refractivity contribution is -0.139. The number of aliphatic hydroxyl groups excluding tert-OH is 1. The average molecular weight is 409 g/mol. The second-order valence-corrected chi connectivity index (χ2v) is 7.62. The first-order valence-electron chi connectivity index (χ1n) is 9.83. The maximum atomic E-state index is 13.0. The van der Waals surface area contributed by atoms with Crippen LogP contribution in [-0.4, -0.2) is 65.9 Å². The SMILES string of the molecule is COc1ccc(/C(O)=C2\C(=O)C(=O)N(CCCN(C)C)[C@@H]2c2cccnc2)cc1C. The molecule has 1 saturated heterocycles. The number of aryl methyl sites for hydroxylation is 1. The number of rotatable bonds is 7. The molecule has 1 N–H and O–H groups in total. The molecule has 0 unspecified atom stereocenters. The highest BCUT2D eigenvalue weighted by atomic mass is 16.5. The van der Waals surface area contributed by atoms with Crippen LogP contribution in [-0.2, 0) is 9.59 Å². The fourth-order valence-corrected chi connectivity index (χ4v) is 3.73. The third-order valence-electron chi connectivity index (χ3n) is 5.21. The third-order valence-corrected chi connectivity index (χ3v) is 5.21. The lowest BCUT2D eigenvalue weighted by Gasteiger charge is -2.25. The Kier molecular flexibility index (Phi) is 6.52. The van der Waals surface area contributed by atoms with Gasteiger partial charge >= 0.3 is 0 Å². The summed E-state index contributed by atoms with van der Waals surface area (Å²) >= 11 is 0. The van der Waals surface area contributed by atoms with Gasteiger partial charge in [-0.2, -0.15) is 0 Å². The van der Waals surface area contributed by atoms with E-state index >= 15 is 0 Å². The van der Waals surface area contributed by atoms with Crippen molar-refractivity contribution in [2.45, 2.75) is 19.4 Å². The van der Waals surface area contributed by atoms with Crippen LogP contribution in [0.25, 0.3) is 5.76 Å². The highest BCUT2D eigenvalue weighted by molar-refractivity contribution is 6.46. The average Bonchev–Trinajstić information content (AvgIpc) is 2.98. The van der Waals surface area contributed by atoms with Crippen LogP contribution in [0.4, 0.5) is 0 Å². The highest BCUT2D eigenvalue weighted by Crippen LogP contribution is 2.39.